The van der Waals surface area contributed by atoms with Crippen LogP contribution < -0.4 is 5.32 Å². The Labute approximate surface area is 128 Å². The first-order valence-electron chi connectivity index (χ1n) is 6.15. The summed E-state index contributed by atoms with van der Waals surface area (Å²) in [5, 5.41) is 10.3. The van der Waals surface area contributed by atoms with Gasteiger partial charge in [-0.15, -0.1) is 5.10 Å². The molecule has 1 N–H and O–H groups in total. The minimum absolute atomic E-state index is 0.0659. The highest BCUT2D eigenvalue weighted by Gasteiger charge is 2.15. The molecule has 0 radical (unpaired) electrons. The van der Waals surface area contributed by atoms with Crippen LogP contribution in [-0.4, -0.2) is 20.7 Å². The molecule has 0 aliphatic rings. The average molecular weight is 347 g/mol. The lowest BCUT2D eigenvalue weighted by molar-refractivity contribution is 0.101. The smallest absolute Gasteiger partial charge is 0.322 e. The van der Waals surface area contributed by atoms with Gasteiger partial charge in [0, 0.05) is 23.3 Å². The van der Waals surface area contributed by atoms with Crippen molar-refractivity contribution in [2.24, 2.45) is 7.05 Å². The number of hydrogen-bond acceptors (Lipinski definition) is 4. The van der Waals surface area contributed by atoms with Gasteiger partial charge in [0.15, 0.2) is 0 Å². The number of rotatable bonds is 3. The van der Waals surface area contributed by atoms with Gasteiger partial charge >= 0.3 is 6.01 Å². The molecular formula is C14H11BrN4O2. The molecule has 0 spiro atoms. The summed E-state index contributed by atoms with van der Waals surface area (Å²) in [6.45, 7) is 0. The van der Waals surface area contributed by atoms with E-state index < -0.39 is 0 Å². The van der Waals surface area contributed by atoms with Crippen LogP contribution in [0.1, 0.15) is 10.5 Å². The van der Waals surface area contributed by atoms with Crippen molar-refractivity contribution < 1.29 is 9.21 Å². The molecule has 7 heteroatoms. The number of nitrogens with one attached hydrogen (secondary N) is 1. The van der Waals surface area contributed by atoms with Crippen LogP contribution in [0, 0.1) is 0 Å². The Morgan fingerprint density at radius 3 is 2.71 bits per heavy atom. The number of halogens is 1. The number of aryl methyl sites for hydroxylation is 1. The highest BCUT2D eigenvalue weighted by molar-refractivity contribution is 9.10. The second-order valence-electron chi connectivity index (χ2n) is 4.39. The molecule has 1 amide bonds. The fourth-order valence-corrected chi connectivity index (χ4v) is 2.41. The van der Waals surface area contributed by atoms with E-state index in [9.17, 15) is 4.79 Å². The number of carbonyl (C=O) groups excluding carboxylic acids is 1. The molecule has 0 saturated heterocycles. The van der Waals surface area contributed by atoms with Gasteiger partial charge in [0.1, 0.15) is 5.69 Å². The zero-order valence-corrected chi connectivity index (χ0v) is 12.7. The third-order valence-electron chi connectivity index (χ3n) is 2.87. The fourth-order valence-electron chi connectivity index (χ4n) is 1.88. The van der Waals surface area contributed by atoms with Crippen molar-refractivity contribution in [3.8, 4) is 11.5 Å². The maximum Gasteiger partial charge on any atom is 0.322 e. The summed E-state index contributed by atoms with van der Waals surface area (Å²) >= 11 is 3.32. The van der Waals surface area contributed by atoms with E-state index in [1.165, 1.54) is 0 Å². The molecule has 2 heterocycles. The van der Waals surface area contributed by atoms with Crippen LogP contribution in [-0.2, 0) is 7.05 Å². The van der Waals surface area contributed by atoms with Gasteiger partial charge < -0.3 is 8.98 Å². The second kappa shape index (κ2) is 5.53. The predicted molar refractivity (Wildman–Crippen MR) is 80.8 cm³/mol. The summed E-state index contributed by atoms with van der Waals surface area (Å²) in [7, 11) is 1.78. The van der Waals surface area contributed by atoms with Crippen LogP contribution in [0.3, 0.4) is 0 Å². The molecule has 0 unspecified atom stereocenters. The first kappa shape index (κ1) is 13.6. The zero-order valence-electron chi connectivity index (χ0n) is 11.1. The van der Waals surface area contributed by atoms with Crippen molar-refractivity contribution in [2.45, 2.75) is 0 Å². The average Bonchev–Trinajstić information content (AvgIpc) is 3.06. The fraction of sp³-hybridized carbons (Fsp3) is 0.0714. The van der Waals surface area contributed by atoms with Crippen molar-refractivity contribution in [1.82, 2.24) is 14.8 Å². The van der Waals surface area contributed by atoms with Crippen molar-refractivity contribution in [3.05, 3.63) is 52.8 Å². The van der Waals surface area contributed by atoms with Crippen molar-refractivity contribution in [1.29, 1.82) is 0 Å². The van der Waals surface area contributed by atoms with E-state index in [1.807, 2.05) is 30.3 Å². The molecule has 0 aliphatic heterocycles. The maximum atomic E-state index is 12.1. The Kier molecular flexibility index (Phi) is 3.57. The molecule has 0 atom stereocenters. The third kappa shape index (κ3) is 2.87. The third-order valence-corrected chi connectivity index (χ3v) is 3.30. The highest BCUT2D eigenvalue weighted by atomic mass is 79.9. The van der Waals surface area contributed by atoms with Crippen LogP contribution in [0.4, 0.5) is 6.01 Å². The van der Waals surface area contributed by atoms with E-state index in [0.717, 1.165) is 10.0 Å². The Morgan fingerprint density at radius 1 is 1.29 bits per heavy atom. The SMILES string of the molecule is Cn1cc(Br)cc1C(=O)Nc1nnc(-c2ccccc2)o1. The minimum atomic E-state index is -0.313. The monoisotopic (exact) mass is 346 g/mol. The lowest BCUT2D eigenvalue weighted by Crippen LogP contribution is -2.15. The van der Waals surface area contributed by atoms with Crippen molar-refractivity contribution >= 4 is 27.9 Å². The maximum absolute atomic E-state index is 12.1. The summed E-state index contributed by atoms with van der Waals surface area (Å²) in [5.41, 5.74) is 1.29. The van der Waals surface area contributed by atoms with E-state index in [4.69, 9.17) is 4.42 Å². The summed E-state index contributed by atoms with van der Waals surface area (Å²) in [5.74, 6) is 0.0467. The van der Waals surface area contributed by atoms with Crippen LogP contribution in [0.15, 0.2) is 51.5 Å². The summed E-state index contributed by atoms with van der Waals surface area (Å²) in [4.78, 5) is 12.1. The summed E-state index contributed by atoms with van der Waals surface area (Å²) in [6.07, 6.45) is 1.79. The number of benzene rings is 1. The van der Waals surface area contributed by atoms with E-state index in [0.29, 0.717) is 11.6 Å². The lowest BCUT2D eigenvalue weighted by atomic mass is 10.2. The van der Waals surface area contributed by atoms with Crippen LogP contribution in [0.25, 0.3) is 11.5 Å². The van der Waals surface area contributed by atoms with Gasteiger partial charge in [0.05, 0.1) is 0 Å². The second-order valence-corrected chi connectivity index (χ2v) is 5.30. The normalized spacial score (nSPS) is 10.6. The van der Waals surface area contributed by atoms with Gasteiger partial charge in [-0.25, -0.2) is 0 Å². The zero-order chi connectivity index (χ0) is 14.8. The van der Waals surface area contributed by atoms with Gasteiger partial charge in [0.2, 0.25) is 5.89 Å². The highest BCUT2D eigenvalue weighted by Crippen LogP contribution is 2.20. The topological polar surface area (TPSA) is 73.0 Å². The van der Waals surface area contributed by atoms with Crippen LogP contribution in [0.2, 0.25) is 0 Å². The Balaban J connectivity index is 1.79. The minimum Gasteiger partial charge on any atom is -0.403 e. The van der Waals surface area contributed by atoms with Crippen LogP contribution >= 0.6 is 15.9 Å². The number of amides is 1. The summed E-state index contributed by atoms with van der Waals surface area (Å²) < 4.78 is 7.96. The van der Waals surface area contributed by atoms with E-state index >= 15 is 0 Å². The molecule has 1 aromatic carbocycles. The van der Waals surface area contributed by atoms with E-state index in [2.05, 4.69) is 31.4 Å². The molecule has 3 aromatic rings. The summed E-state index contributed by atoms with van der Waals surface area (Å²) in [6, 6.07) is 11.1. The largest absolute Gasteiger partial charge is 0.403 e. The van der Waals surface area contributed by atoms with Crippen molar-refractivity contribution in [2.75, 3.05) is 5.32 Å². The number of aromatic nitrogens is 3. The van der Waals surface area contributed by atoms with Gasteiger partial charge in [-0.3, -0.25) is 10.1 Å². The molecule has 106 valence electrons. The Morgan fingerprint density at radius 2 is 2.05 bits per heavy atom. The molecule has 0 fully saturated rings. The molecule has 6 nitrogen and oxygen atoms in total. The molecule has 0 saturated carbocycles. The number of nitrogens with zero attached hydrogens (tertiary/aromatic N) is 3. The first-order chi connectivity index (χ1) is 10.1. The molecule has 3 rings (SSSR count). The van der Waals surface area contributed by atoms with Gasteiger partial charge in [0.25, 0.3) is 5.91 Å². The molecule has 0 aliphatic carbocycles. The molecule has 0 bridgehead atoms. The van der Waals surface area contributed by atoms with Crippen LogP contribution in [0.5, 0.6) is 0 Å². The van der Waals surface area contributed by atoms with E-state index in [1.54, 1.807) is 23.9 Å². The quantitative estimate of drug-likeness (QED) is 0.790. The number of hydrogen-bond donors (Lipinski definition) is 1. The number of carbonyl (C=O) groups is 1. The Bertz CT molecular complexity index is 779. The first-order valence-corrected chi connectivity index (χ1v) is 6.95. The van der Waals surface area contributed by atoms with Gasteiger partial charge in [-0.05, 0) is 34.1 Å². The van der Waals surface area contributed by atoms with Crippen molar-refractivity contribution in [3.63, 3.8) is 0 Å². The predicted octanol–water partition coefficient (Wildman–Crippen LogP) is 3.09. The number of anilines is 1. The van der Waals surface area contributed by atoms with Gasteiger partial charge in [-0.2, -0.15) is 0 Å². The van der Waals surface area contributed by atoms with Gasteiger partial charge in [-0.1, -0.05) is 23.3 Å². The molecule has 2 aromatic heterocycles. The van der Waals surface area contributed by atoms with E-state index in [-0.39, 0.29) is 11.9 Å². The molecule has 21 heavy (non-hydrogen) atoms. The lowest BCUT2D eigenvalue weighted by Gasteiger charge is -2.01. The molecular weight excluding hydrogens is 336 g/mol. The standard InChI is InChI=1S/C14H11BrN4O2/c1-19-8-10(15)7-11(19)12(20)16-14-18-17-13(21-14)9-5-3-2-4-6-9/h2-8H,1H3,(H,16,18,20). The Hall–Kier alpha value is -2.41.